The van der Waals surface area contributed by atoms with E-state index in [9.17, 15) is 4.39 Å². The van der Waals surface area contributed by atoms with Gasteiger partial charge in [0.2, 0.25) is 0 Å². The van der Waals surface area contributed by atoms with Crippen LogP contribution in [0.25, 0.3) is 0 Å². The van der Waals surface area contributed by atoms with Gasteiger partial charge in [-0.2, -0.15) is 0 Å². The summed E-state index contributed by atoms with van der Waals surface area (Å²) in [5, 5.41) is 3.12. The molecule has 2 aromatic heterocycles. The molecule has 8 heteroatoms. The second kappa shape index (κ2) is 7.45. The van der Waals surface area contributed by atoms with Crippen molar-refractivity contribution in [1.82, 2.24) is 15.0 Å². The average molecular weight is 365 g/mol. The van der Waals surface area contributed by atoms with Crippen LogP contribution in [0, 0.1) is 5.82 Å². The summed E-state index contributed by atoms with van der Waals surface area (Å²) < 4.78 is 14.0. The van der Waals surface area contributed by atoms with E-state index in [0.717, 1.165) is 0 Å². The summed E-state index contributed by atoms with van der Waals surface area (Å²) in [5.41, 5.74) is 7.41. The number of nitrogen functional groups attached to an aromatic ring is 1. The van der Waals surface area contributed by atoms with Crippen molar-refractivity contribution in [1.29, 1.82) is 0 Å². The smallest absolute Gasteiger partial charge is 0.160 e. The minimum atomic E-state index is -0.200. The fraction of sp³-hybridized carbons (Fsp3) is 0.211. The molecule has 1 fully saturated rings. The Kier molecular flexibility index (Phi) is 4.69. The van der Waals surface area contributed by atoms with Gasteiger partial charge in [-0.25, -0.2) is 19.3 Å². The lowest BCUT2D eigenvalue weighted by Crippen LogP contribution is -2.47. The summed E-state index contributed by atoms with van der Waals surface area (Å²) in [7, 11) is 0. The molecule has 0 bridgehead atoms. The SMILES string of the molecule is Nc1c(Nc2ccccn2)ncnc1N1CCN(c2ccccc2F)CC1. The Bertz CT molecular complexity index is 911. The minimum Gasteiger partial charge on any atom is -0.393 e. The molecule has 0 amide bonds. The molecule has 3 N–H and O–H groups in total. The van der Waals surface area contributed by atoms with Crippen LogP contribution >= 0.6 is 0 Å². The van der Waals surface area contributed by atoms with Crippen LogP contribution in [-0.4, -0.2) is 41.1 Å². The molecule has 138 valence electrons. The average Bonchev–Trinajstić information content (AvgIpc) is 2.71. The summed E-state index contributed by atoms with van der Waals surface area (Å²) in [4.78, 5) is 16.9. The first-order valence-corrected chi connectivity index (χ1v) is 8.75. The number of nitrogens with one attached hydrogen (secondary N) is 1. The number of halogens is 1. The molecule has 0 aliphatic carbocycles. The number of piperazine rings is 1. The highest BCUT2D eigenvalue weighted by atomic mass is 19.1. The summed E-state index contributed by atoms with van der Waals surface area (Å²) in [6.45, 7) is 2.76. The number of rotatable bonds is 4. The minimum absolute atomic E-state index is 0.200. The number of anilines is 5. The summed E-state index contributed by atoms with van der Waals surface area (Å²) in [5.74, 6) is 1.67. The molecule has 1 aliphatic rings. The van der Waals surface area contributed by atoms with Gasteiger partial charge in [-0.05, 0) is 24.3 Å². The Morgan fingerprint density at radius 1 is 0.889 bits per heavy atom. The Hall–Kier alpha value is -3.42. The lowest BCUT2D eigenvalue weighted by Gasteiger charge is -2.37. The van der Waals surface area contributed by atoms with Crippen LogP contribution in [0.1, 0.15) is 0 Å². The molecule has 0 spiro atoms. The van der Waals surface area contributed by atoms with Crippen LogP contribution in [0.3, 0.4) is 0 Å². The highest BCUT2D eigenvalue weighted by Crippen LogP contribution is 2.29. The van der Waals surface area contributed by atoms with Crippen molar-refractivity contribution in [3.05, 3.63) is 60.8 Å². The van der Waals surface area contributed by atoms with Crippen molar-refractivity contribution in [2.75, 3.05) is 47.0 Å². The highest BCUT2D eigenvalue weighted by Gasteiger charge is 2.22. The Balaban J connectivity index is 1.48. The molecule has 3 heterocycles. The zero-order chi connectivity index (χ0) is 18.6. The van der Waals surface area contributed by atoms with Crippen molar-refractivity contribution in [2.24, 2.45) is 0 Å². The van der Waals surface area contributed by atoms with E-state index in [-0.39, 0.29) is 5.82 Å². The van der Waals surface area contributed by atoms with Crippen molar-refractivity contribution < 1.29 is 4.39 Å². The van der Waals surface area contributed by atoms with Crippen LogP contribution in [-0.2, 0) is 0 Å². The van der Waals surface area contributed by atoms with E-state index in [1.165, 1.54) is 12.4 Å². The molecular formula is C19H20FN7. The largest absolute Gasteiger partial charge is 0.393 e. The van der Waals surface area contributed by atoms with Crippen LogP contribution in [0.2, 0.25) is 0 Å². The normalized spacial score (nSPS) is 14.3. The maximum Gasteiger partial charge on any atom is 0.160 e. The second-order valence-corrected chi connectivity index (χ2v) is 6.23. The first kappa shape index (κ1) is 17.0. The van der Waals surface area contributed by atoms with Gasteiger partial charge in [-0.15, -0.1) is 0 Å². The fourth-order valence-corrected chi connectivity index (χ4v) is 3.16. The molecule has 0 radical (unpaired) electrons. The maximum absolute atomic E-state index is 14.0. The monoisotopic (exact) mass is 365 g/mol. The number of para-hydroxylation sites is 1. The van der Waals surface area contributed by atoms with Crippen LogP contribution in [0.15, 0.2) is 55.0 Å². The van der Waals surface area contributed by atoms with E-state index >= 15 is 0 Å². The molecule has 1 saturated heterocycles. The second-order valence-electron chi connectivity index (χ2n) is 6.23. The predicted molar refractivity (Wildman–Crippen MR) is 105 cm³/mol. The Labute approximate surface area is 156 Å². The van der Waals surface area contributed by atoms with Gasteiger partial charge < -0.3 is 20.9 Å². The standard InChI is InChI=1S/C19H20FN7/c20-14-5-1-2-6-15(14)26-9-11-27(12-10-26)19-17(21)18(23-13-24-19)25-16-7-3-4-8-22-16/h1-8,13H,9-12,21H2,(H,22,23,24,25). The fourth-order valence-electron chi connectivity index (χ4n) is 3.16. The van der Waals surface area contributed by atoms with Gasteiger partial charge in [-0.3, -0.25) is 0 Å². The van der Waals surface area contributed by atoms with Crippen molar-refractivity contribution in [3.63, 3.8) is 0 Å². The number of hydrogen-bond acceptors (Lipinski definition) is 7. The molecule has 0 atom stereocenters. The van der Waals surface area contributed by atoms with Crippen molar-refractivity contribution in [3.8, 4) is 0 Å². The third-order valence-electron chi connectivity index (χ3n) is 4.55. The Morgan fingerprint density at radius 2 is 1.63 bits per heavy atom. The lowest BCUT2D eigenvalue weighted by molar-refractivity contribution is 0.596. The highest BCUT2D eigenvalue weighted by molar-refractivity contribution is 5.77. The van der Waals surface area contributed by atoms with Gasteiger partial charge in [0.25, 0.3) is 0 Å². The van der Waals surface area contributed by atoms with Gasteiger partial charge in [0.1, 0.15) is 23.6 Å². The molecule has 7 nitrogen and oxygen atoms in total. The third kappa shape index (κ3) is 3.59. The topological polar surface area (TPSA) is 83.2 Å². The lowest BCUT2D eigenvalue weighted by atomic mass is 10.2. The van der Waals surface area contributed by atoms with E-state index in [1.54, 1.807) is 18.3 Å². The van der Waals surface area contributed by atoms with E-state index in [2.05, 4.69) is 25.2 Å². The zero-order valence-corrected chi connectivity index (χ0v) is 14.7. The molecular weight excluding hydrogens is 345 g/mol. The predicted octanol–water partition coefficient (Wildman–Crippen LogP) is 2.66. The van der Waals surface area contributed by atoms with Crippen LogP contribution in [0.4, 0.5) is 33.2 Å². The van der Waals surface area contributed by atoms with Gasteiger partial charge in [-0.1, -0.05) is 18.2 Å². The van der Waals surface area contributed by atoms with E-state index in [4.69, 9.17) is 5.73 Å². The number of hydrogen-bond donors (Lipinski definition) is 2. The molecule has 27 heavy (non-hydrogen) atoms. The van der Waals surface area contributed by atoms with E-state index in [0.29, 0.717) is 55.0 Å². The summed E-state index contributed by atoms with van der Waals surface area (Å²) in [6, 6.07) is 12.4. The number of pyridine rings is 1. The van der Waals surface area contributed by atoms with Gasteiger partial charge >= 0.3 is 0 Å². The van der Waals surface area contributed by atoms with Crippen molar-refractivity contribution in [2.45, 2.75) is 0 Å². The van der Waals surface area contributed by atoms with Crippen molar-refractivity contribution >= 4 is 28.8 Å². The van der Waals surface area contributed by atoms with Gasteiger partial charge in [0.15, 0.2) is 11.6 Å². The first-order chi connectivity index (χ1) is 13.2. The molecule has 1 aromatic carbocycles. The molecule has 1 aliphatic heterocycles. The molecule has 0 unspecified atom stereocenters. The molecule has 0 saturated carbocycles. The number of nitrogens with zero attached hydrogens (tertiary/aromatic N) is 5. The van der Waals surface area contributed by atoms with Gasteiger partial charge in [0, 0.05) is 32.4 Å². The van der Waals surface area contributed by atoms with E-state index < -0.39 is 0 Å². The zero-order valence-electron chi connectivity index (χ0n) is 14.7. The molecule has 3 aromatic rings. The number of aromatic nitrogens is 3. The van der Waals surface area contributed by atoms with E-state index in [1.807, 2.05) is 29.2 Å². The van der Waals surface area contributed by atoms with Gasteiger partial charge in [0.05, 0.1) is 5.69 Å². The summed E-state index contributed by atoms with van der Waals surface area (Å²) in [6.07, 6.45) is 3.18. The first-order valence-electron chi connectivity index (χ1n) is 8.75. The third-order valence-corrected chi connectivity index (χ3v) is 4.55. The Morgan fingerprint density at radius 3 is 2.37 bits per heavy atom. The maximum atomic E-state index is 14.0. The summed E-state index contributed by atoms with van der Waals surface area (Å²) >= 11 is 0. The number of nitrogens with two attached hydrogens (primary N) is 1. The molecule has 4 rings (SSSR count). The quantitative estimate of drug-likeness (QED) is 0.735. The van der Waals surface area contributed by atoms with Crippen LogP contribution in [0.5, 0.6) is 0 Å². The number of benzene rings is 1. The van der Waals surface area contributed by atoms with Crippen LogP contribution < -0.4 is 20.9 Å².